The zero-order valence-corrected chi connectivity index (χ0v) is 18.3. The molecular weight excluding hydrogens is 414 g/mol. The number of aromatic nitrogens is 2. The summed E-state index contributed by atoms with van der Waals surface area (Å²) < 4.78 is 6.60. The molecule has 1 aromatic heterocycles. The largest absolute Gasteiger partial charge is 0.445 e. The molecule has 0 unspecified atom stereocenters. The number of amides is 2. The fraction of sp³-hybridized carbons (Fsp3) is 0.455. The van der Waals surface area contributed by atoms with Crippen LogP contribution in [0.15, 0.2) is 39.9 Å². The first-order valence-corrected chi connectivity index (χ1v) is 10.7. The number of H-pyrrole nitrogens is 1. The zero-order chi connectivity index (χ0) is 23.1. The number of rotatable bonds is 7. The molecule has 1 saturated heterocycles. The average molecular weight is 444 g/mol. The molecule has 172 valence electrons. The van der Waals surface area contributed by atoms with Crippen LogP contribution in [0.25, 0.3) is 0 Å². The molecule has 0 spiro atoms. The molecule has 10 nitrogen and oxygen atoms in total. The van der Waals surface area contributed by atoms with Gasteiger partial charge in [0.05, 0.1) is 0 Å². The predicted molar refractivity (Wildman–Crippen MR) is 121 cm³/mol. The molecule has 2 amide bonds. The van der Waals surface area contributed by atoms with Gasteiger partial charge < -0.3 is 20.3 Å². The monoisotopic (exact) mass is 443 g/mol. The Kier molecular flexibility index (Phi) is 7.69. The summed E-state index contributed by atoms with van der Waals surface area (Å²) in [6, 6.07) is 9.54. The number of piperidine rings is 1. The van der Waals surface area contributed by atoms with E-state index in [-0.39, 0.29) is 36.5 Å². The van der Waals surface area contributed by atoms with Gasteiger partial charge in [0.25, 0.3) is 5.56 Å². The quantitative estimate of drug-likeness (QED) is 0.600. The summed E-state index contributed by atoms with van der Waals surface area (Å²) in [5.41, 5.74) is -0.240. The maximum Gasteiger partial charge on any atom is 0.410 e. The Morgan fingerprint density at radius 3 is 2.50 bits per heavy atom. The van der Waals surface area contributed by atoms with Crippen molar-refractivity contribution in [2.24, 2.45) is 13.0 Å². The number of carbonyl (C=O) groups is 2. The topological polar surface area (TPSA) is 126 Å². The van der Waals surface area contributed by atoms with Gasteiger partial charge in [0.2, 0.25) is 5.91 Å². The molecule has 0 saturated carbocycles. The van der Waals surface area contributed by atoms with E-state index in [1.165, 1.54) is 11.6 Å². The molecule has 0 aliphatic carbocycles. The lowest BCUT2D eigenvalue weighted by Crippen LogP contribution is -2.39. The molecule has 1 fully saturated rings. The SMILES string of the molecule is CNc1c(NC(=O)CCC2CCN(C(=O)OCc3ccccc3)CC2)c(=O)[nH]c(=O)n1C. The molecule has 2 aromatic rings. The Balaban J connectivity index is 1.44. The Labute approximate surface area is 185 Å². The van der Waals surface area contributed by atoms with Crippen molar-refractivity contribution in [3.05, 3.63) is 56.7 Å². The second kappa shape index (κ2) is 10.7. The van der Waals surface area contributed by atoms with Gasteiger partial charge in [-0.15, -0.1) is 0 Å². The van der Waals surface area contributed by atoms with E-state index in [0.717, 1.165) is 18.4 Å². The molecule has 1 aliphatic heterocycles. The molecular formula is C22H29N5O5. The lowest BCUT2D eigenvalue weighted by atomic mass is 9.92. The Hall–Kier alpha value is -3.56. The first kappa shape index (κ1) is 23.1. The van der Waals surface area contributed by atoms with Crippen LogP contribution in [-0.4, -0.2) is 46.6 Å². The molecule has 0 bridgehead atoms. The van der Waals surface area contributed by atoms with Crippen LogP contribution in [0.3, 0.4) is 0 Å². The van der Waals surface area contributed by atoms with Gasteiger partial charge in [-0.3, -0.25) is 19.1 Å². The van der Waals surface area contributed by atoms with Crippen LogP contribution >= 0.6 is 0 Å². The van der Waals surface area contributed by atoms with E-state index in [1.807, 2.05) is 30.3 Å². The number of likely N-dealkylation sites (tertiary alicyclic amines) is 1. The first-order valence-electron chi connectivity index (χ1n) is 10.7. The van der Waals surface area contributed by atoms with E-state index >= 15 is 0 Å². The second-order valence-electron chi connectivity index (χ2n) is 7.85. The summed E-state index contributed by atoms with van der Waals surface area (Å²) in [6.07, 6.45) is 2.15. The van der Waals surface area contributed by atoms with Crippen LogP contribution in [0.4, 0.5) is 16.3 Å². The molecule has 2 heterocycles. The summed E-state index contributed by atoms with van der Waals surface area (Å²) >= 11 is 0. The van der Waals surface area contributed by atoms with Gasteiger partial charge in [0.15, 0.2) is 0 Å². The molecule has 3 N–H and O–H groups in total. The number of nitrogens with one attached hydrogen (secondary N) is 3. The minimum Gasteiger partial charge on any atom is -0.445 e. The number of nitrogens with zero attached hydrogens (tertiary/aromatic N) is 2. The maximum absolute atomic E-state index is 12.4. The van der Waals surface area contributed by atoms with E-state index < -0.39 is 11.2 Å². The van der Waals surface area contributed by atoms with Crippen molar-refractivity contribution in [1.29, 1.82) is 0 Å². The highest BCUT2D eigenvalue weighted by molar-refractivity contribution is 5.93. The Bertz CT molecular complexity index is 1050. The van der Waals surface area contributed by atoms with Crippen molar-refractivity contribution in [3.63, 3.8) is 0 Å². The van der Waals surface area contributed by atoms with E-state index in [2.05, 4.69) is 15.6 Å². The third kappa shape index (κ3) is 5.77. The van der Waals surface area contributed by atoms with E-state index in [9.17, 15) is 19.2 Å². The predicted octanol–water partition coefficient (Wildman–Crippen LogP) is 1.88. The summed E-state index contributed by atoms with van der Waals surface area (Å²) in [5.74, 6) is 0.255. The lowest BCUT2D eigenvalue weighted by molar-refractivity contribution is -0.116. The molecule has 3 rings (SSSR count). The molecule has 1 aromatic carbocycles. The minimum absolute atomic E-state index is 0.0237. The highest BCUT2D eigenvalue weighted by Crippen LogP contribution is 2.23. The summed E-state index contributed by atoms with van der Waals surface area (Å²) in [5, 5.41) is 5.38. The third-order valence-corrected chi connectivity index (χ3v) is 5.68. The van der Waals surface area contributed by atoms with Crippen molar-refractivity contribution >= 4 is 23.5 Å². The van der Waals surface area contributed by atoms with Crippen molar-refractivity contribution in [3.8, 4) is 0 Å². The molecule has 0 radical (unpaired) electrons. The van der Waals surface area contributed by atoms with Crippen molar-refractivity contribution < 1.29 is 14.3 Å². The van der Waals surface area contributed by atoms with E-state index in [0.29, 0.717) is 25.4 Å². The number of hydrogen-bond acceptors (Lipinski definition) is 6. The highest BCUT2D eigenvalue weighted by atomic mass is 16.6. The lowest BCUT2D eigenvalue weighted by Gasteiger charge is -2.31. The van der Waals surface area contributed by atoms with Gasteiger partial charge in [0.1, 0.15) is 18.1 Å². The Morgan fingerprint density at radius 2 is 1.84 bits per heavy atom. The number of aromatic amines is 1. The van der Waals surface area contributed by atoms with Gasteiger partial charge in [-0.2, -0.15) is 0 Å². The van der Waals surface area contributed by atoms with Crippen LogP contribution in [0.2, 0.25) is 0 Å². The minimum atomic E-state index is -0.645. The maximum atomic E-state index is 12.4. The molecule has 0 atom stereocenters. The summed E-state index contributed by atoms with van der Waals surface area (Å²) in [6.45, 7) is 1.42. The van der Waals surface area contributed by atoms with Gasteiger partial charge in [-0.25, -0.2) is 9.59 Å². The normalized spacial score (nSPS) is 14.1. The number of ether oxygens (including phenoxy) is 1. The third-order valence-electron chi connectivity index (χ3n) is 5.68. The number of hydrogen-bond donors (Lipinski definition) is 3. The van der Waals surface area contributed by atoms with E-state index in [1.54, 1.807) is 11.9 Å². The number of carbonyl (C=O) groups excluding carboxylic acids is 2. The standard InChI is InChI=1S/C22H29N5O5/c1-23-19-18(20(29)25-21(30)26(19)2)24-17(28)9-8-15-10-12-27(13-11-15)22(31)32-14-16-6-4-3-5-7-16/h3-7,15,23H,8-14H2,1-2H3,(H,24,28)(H,25,29,30). The smallest absolute Gasteiger partial charge is 0.410 e. The molecule has 10 heteroatoms. The molecule has 1 aliphatic rings. The second-order valence-corrected chi connectivity index (χ2v) is 7.85. The summed E-state index contributed by atoms with van der Waals surface area (Å²) in [7, 11) is 3.07. The van der Waals surface area contributed by atoms with Crippen LogP contribution in [0.1, 0.15) is 31.2 Å². The fourth-order valence-electron chi connectivity index (χ4n) is 3.78. The van der Waals surface area contributed by atoms with Gasteiger partial charge in [0, 0.05) is 33.6 Å². The van der Waals surface area contributed by atoms with Crippen molar-refractivity contribution in [2.45, 2.75) is 32.3 Å². The fourth-order valence-corrected chi connectivity index (χ4v) is 3.78. The van der Waals surface area contributed by atoms with Crippen molar-refractivity contribution in [2.75, 3.05) is 30.8 Å². The van der Waals surface area contributed by atoms with Gasteiger partial charge in [-0.1, -0.05) is 30.3 Å². The van der Waals surface area contributed by atoms with Gasteiger partial charge in [-0.05, 0) is 30.7 Å². The van der Waals surface area contributed by atoms with E-state index in [4.69, 9.17) is 4.74 Å². The van der Waals surface area contributed by atoms with Crippen LogP contribution in [0.5, 0.6) is 0 Å². The number of anilines is 2. The highest BCUT2D eigenvalue weighted by Gasteiger charge is 2.24. The number of benzene rings is 1. The van der Waals surface area contributed by atoms with Crippen LogP contribution in [-0.2, 0) is 23.2 Å². The van der Waals surface area contributed by atoms with Crippen LogP contribution in [0, 0.1) is 5.92 Å². The molecule has 32 heavy (non-hydrogen) atoms. The Morgan fingerprint density at radius 1 is 1.16 bits per heavy atom. The summed E-state index contributed by atoms with van der Waals surface area (Å²) in [4.78, 5) is 52.3. The van der Waals surface area contributed by atoms with Crippen molar-refractivity contribution in [1.82, 2.24) is 14.5 Å². The zero-order valence-electron chi connectivity index (χ0n) is 18.3. The van der Waals surface area contributed by atoms with Gasteiger partial charge >= 0.3 is 11.8 Å². The first-order chi connectivity index (χ1) is 15.4. The average Bonchev–Trinajstić information content (AvgIpc) is 2.81. The van der Waals surface area contributed by atoms with Crippen LogP contribution < -0.4 is 21.9 Å².